The molecule has 2 aromatic rings. The molecule has 2 atom stereocenters. The van der Waals surface area contributed by atoms with Crippen LogP contribution in [-0.2, 0) is 4.74 Å². The summed E-state index contributed by atoms with van der Waals surface area (Å²) in [7, 11) is 0. The van der Waals surface area contributed by atoms with Crippen LogP contribution in [0.3, 0.4) is 0 Å². The second-order valence-corrected chi connectivity index (χ2v) is 6.31. The molecule has 5 nitrogen and oxygen atoms in total. The van der Waals surface area contributed by atoms with Crippen molar-refractivity contribution in [2.24, 2.45) is 10.7 Å². The number of amidine groups is 1. The largest absolute Gasteiger partial charge is 0.465 e. The lowest BCUT2D eigenvalue weighted by atomic mass is 10.0. The molecule has 0 radical (unpaired) electrons. The number of rotatable bonds is 4. The summed E-state index contributed by atoms with van der Waals surface area (Å²) >= 11 is 5.69. The van der Waals surface area contributed by atoms with Gasteiger partial charge >= 0.3 is 6.18 Å². The van der Waals surface area contributed by atoms with Gasteiger partial charge in [0.25, 0.3) is 6.02 Å². The first-order chi connectivity index (χ1) is 12.7. The second kappa shape index (κ2) is 7.59. The first kappa shape index (κ1) is 19.2. The lowest BCUT2D eigenvalue weighted by molar-refractivity contribution is -0.144. The molecular weight excluding hydrogens is 388 g/mol. The molecule has 0 spiro atoms. The van der Waals surface area contributed by atoms with Crippen LogP contribution in [0.25, 0.3) is 0 Å². The number of hydrogen-bond donors (Lipinski definition) is 2. The van der Waals surface area contributed by atoms with Gasteiger partial charge in [0.2, 0.25) is 0 Å². The number of hydrogen-bond acceptors (Lipinski definition) is 5. The number of nitrogens with one attached hydrogen (secondary N) is 1. The van der Waals surface area contributed by atoms with E-state index in [0.717, 1.165) is 12.3 Å². The van der Waals surface area contributed by atoms with E-state index in [1.807, 2.05) is 0 Å². The van der Waals surface area contributed by atoms with Gasteiger partial charge in [-0.2, -0.15) is 13.2 Å². The van der Waals surface area contributed by atoms with E-state index in [-0.39, 0.29) is 34.6 Å². The van der Waals surface area contributed by atoms with Crippen molar-refractivity contribution in [1.29, 1.82) is 0 Å². The molecule has 0 aliphatic carbocycles. The summed E-state index contributed by atoms with van der Waals surface area (Å²) in [5, 5.41) is 2.59. The van der Waals surface area contributed by atoms with Gasteiger partial charge in [-0.3, -0.25) is 4.98 Å². The number of ether oxygens (including phenoxy) is 1. The van der Waals surface area contributed by atoms with Crippen LogP contribution in [0.2, 0.25) is 5.02 Å². The molecule has 2 unspecified atom stereocenters. The summed E-state index contributed by atoms with van der Waals surface area (Å²) in [5.74, 6) is -0.586. The molecule has 0 amide bonds. The Morgan fingerprint density at radius 3 is 2.67 bits per heavy atom. The third kappa shape index (κ3) is 4.60. The Kier molecular flexibility index (Phi) is 5.41. The average Bonchev–Trinajstić information content (AvgIpc) is 2.61. The minimum Gasteiger partial charge on any atom is -0.465 e. The predicted octanol–water partition coefficient (Wildman–Crippen LogP) is 4.37. The fourth-order valence-corrected chi connectivity index (χ4v) is 2.80. The highest BCUT2D eigenvalue weighted by Gasteiger charge is 2.42. The van der Waals surface area contributed by atoms with E-state index in [1.54, 1.807) is 0 Å². The first-order valence-corrected chi connectivity index (χ1v) is 8.32. The van der Waals surface area contributed by atoms with E-state index in [1.165, 1.54) is 24.3 Å². The highest BCUT2D eigenvalue weighted by atomic mass is 35.5. The number of halogens is 5. The van der Waals surface area contributed by atoms with Crippen LogP contribution in [0.1, 0.15) is 29.8 Å². The van der Waals surface area contributed by atoms with Gasteiger partial charge in [-0.05, 0) is 30.3 Å². The van der Waals surface area contributed by atoms with Crippen LogP contribution in [0.5, 0.6) is 0 Å². The maximum Gasteiger partial charge on any atom is 0.414 e. The van der Waals surface area contributed by atoms with Crippen molar-refractivity contribution >= 4 is 23.3 Å². The molecule has 0 saturated heterocycles. The standard InChI is InChI=1S/C17H15ClF4N4O/c18-9-1-4-14(24-8-9)15(17(20,21)22)25-10-2-3-12(19)11(7-10)13-5-6-27-16(23)26-13/h1-4,7-8,13,15,25H,5-6H2,(H2,23,26). The zero-order valence-corrected chi connectivity index (χ0v) is 14.6. The lowest BCUT2D eigenvalue weighted by Gasteiger charge is -2.24. The summed E-state index contributed by atoms with van der Waals surface area (Å²) in [6.07, 6.45) is -3.13. The molecule has 0 fully saturated rings. The maximum atomic E-state index is 14.2. The molecule has 10 heteroatoms. The van der Waals surface area contributed by atoms with Crippen molar-refractivity contribution in [3.63, 3.8) is 0 Å². The van der Waals surface area contributed by atoms with Crippen LogP contribution in [0.15, 0.2) is 41.5 Å². The summed E-state index contributed by atoms with van der Waals surface area (Å²) in [6, 6.07) is 3.30. The number of anilines is 1. The van der Waals surface area contributed by atoms with Gasteiger partial charge in [0.1, 0.15) is 5.82 Å². The van der Waals surface area contributed by atoms with Gasteiger partial charge in [-0.15, -0.1) is 0 Å². The van der Waals surface area contributed by atoms with E-state index in [9.17, 15) is 17.6 Å². The van der Waals surface area contributed by atoms with Gasteiger partial charge < -0.3 is 15.8 Å². The average molecular weight is 403 g/mol. The molecule has 3 N–H and O–H groups in total. The van der Waals surface area contributed by atoms with E-state index < -0.39 is 24.1 Å². The zero-order valence-electron chi connectivity index (χ0n) is 13.8. The molecule has 3 rings (SSSR count). The van der Waals surface area contributed by atoms with E-state index >= 15 is 0 Å². The molecule has 1 aliphatic rings. The van der Waals surface area contributed by atoms with Gasteiger partial charge in [-0.25, -0.2) is 9.38 Å². The highest BCUT2D eigenvalue weighted by molar-refractivity contribution is 6.30. The topological polar surface area (TPSA) is 72.5 Å². The number of pyridine rings is 1. The molecule has 2 heterocycles. The molecule has 144 valence electrons. The predicted molar refractivity (Wildman–Crippen MR) is 93.0 cm³/mol. The first-order valence-electron chi connectivity index (χ1n) is 7.94. The van der Waals surface area contributed by atoms with Crippen LogP contribution >= 0.6 is 11.6 Å². The molecule has 0 bridgehead atoms. The quantitative estimate of drug-likeness (QED) is 0.745. The molecule has 27 heavy (non-hydrogen) atoms. The van der Waals surface area contributed by atoms with Gasteiger partial charge in [0.15, 0.2) is 6.04 Å². The van der Waals surface area contributed by atoms with Crippen LogP contribution < -0.4 is 11.1 Å². The zero-order chi connectivity index (χ0) is 19.6. The molecule has 0 saturated carbocycles. The normalized spacial score (nSPS) is 18.4. The smallest absolute Gasteiger partial charge is 0.414 e. The Bertz CT molecular complexity index is 842. The number of nitrogens with two attached hydrogens (primary N) is 1. The Morgan fingerprint density at radius 1 is 1.26 bits per heavy atom. The van der Waals surface area contributed by atoms with Gasteiger partial charge in [-0.1, -0.05) is 11.6 Å². The fraction of sp³-hybridized carbons (Fsp3) is 0.294. The Morgan fingerprint density at radius 2 is 2.04 bits per heavy atom. The van der Waals surface area contributed by atoms with Crippen LogP contribution in [-0.4, -0.2) is 23.8 Å². The van der Waals surface area contributed by atoms with Gasteiger partial charge in [0.05, 0.1) is 23.4 Å². The molecule has 1 aliphatic heterocycles. The molecule has 1 aromatic heterocycles. The fourth-order valence-electron chi connectivity index (χ4n) is 2.69. The van der Waals surface area contributed by atoms with Crippen molar-refractivity contribution in [1.82, 2.24) is 4.98 Å². The maximum absolute atomic E-state index is 14.2. The number of alkyl halides is 3. The Labute approximate surface area is 157 Å². The Hall–Kier alpha value is -2.55. The number of nitrogens with zero attached hydrogens (tertiary/aromatic N) is 2. The number of aromatic nitrogens is 1. The minimum atomic E-state index is -4.63. The lowest BCUT2D eigenvalue weighted by Crippen LogP contribution is -2.29. The third-order valence-corrected chi connectivity index (χ3v) is 4.19. The summed E-state index contributed by atoms with van der Waals surface area (Å²) in [4.78, 5) is 7.74. The monoisotopic (exact) mass is 402 g/mol. The summed E-state index contributed by atoms with van der Waals surface area (Å²) in [6.45, 7) is 0.247. The van der Waals surface area contributed by atoms with Gasteiger partial charge in [0, 0.05) is 23.9 Å². The third-order valence-electron chi connectivity index (χ3n) is 3.96. The highest BCUT2D eigenvalue weighted by Crippen LogP contribution is 2.36. The SMILES string of the molecule is NC1=NC(c2cc(NC(c3ccc(Cl)cn3)C(F)(F)F)ccc2F)CCO1. The van der Waals surface area contributed by atoms with Crippen molar-refractivity contribution in [2.45, 2.75) is 24.7 Å². The van der Waals surface area contributed by atoms with Crippen molar-refractivity contribution < 1.29 is 22.3 Å². The minimum absolute atomic E-state index is 0.0748. The number of benzene rings is 1. The Balaban J connectivity index is 1.91. The summed E-state index contributed by atoms with van der Waals surface area (Å²) in [5.41, 5.74) is 5.45. The number of aliphatic imine (C=N–C) groups is 1. The van der Waals surface area contributed by atoms with Crippen molar-refractivity contribution in [3.05, 3.63) is 58.6 Å². The second-order valence-electron chi connectivity index (χ2n) is 5.88. The van der Waals surface area contributed by atoms with Crippen LogP contribution in [0.4, 0.5) is 23.2 Å². The van der Waals surface area contributed by atoms with Crippen LogP contribution in [0, 0.1) is 5.82 Å². The van der Waals surface area contributed by atoms with Crippen molar-refractivity contribution in [3.8, 4) is 0 Å². The molecular formula is C17H15ClF4N4O. The van der Waals surface area contributed by atoms with Crippen molar-refractivity contribution in [2.75, 3.05) is 11.9 Å². The van der Waals surface area contributed by atoms with E-state index in [0.29, 0.717) is 6.42 Å². The van der Waals surface area contributed by atoms with E-state index in [4.69, 9.17) is 22.1 Å². The van der Waals surface area contributed by atoms with E-state index in [2.05, 4.69) is 15.3 Å². The summed E-state index contributed by atoms with van der Waals surface area (Å²) < 4.78 is 59.7. The molecule has 1 aromatic carbocycles.